The first kappa shape index (κ1) is 25.3. The van der Waals surface area contributed by atoms with Crippen molar-refractivity contribution in [3.63, 3.8) is 0 Å². The predicted molar refractivity (Wildman–Crippen MR) is 175 cm³/mol. The molecule has 6 aromatic rings. The van der Waals surface area contributed by atoms with Crippen molar-refractivity contribution in [2.24, 2.45) is 0 Å². The summed E-state index contributed by atoms with van der Waals surface area (Å²) in [5.74, 6) is 2.00. The molecule has 0 fully saturated rings. The van der Waals surface area contributed by atoms with Crippen LogP contribution in [0.5, 0.6) is 0 Å². The van der Waals surface area contributed by atoms with Crippen LogP contribution < -0.4 is 0 Å². The summed E-state index contributed by atoms with van der Waals surface area (Å²) >= 11 is 0. The van der Waals surface area contributed by atoms with Crippen LogP contribution in [0.3, 0.4) is 0 Å². The molecule has 0 bridgehead atoms. The molecule has 2 aliphatic rings. The Balaban J connectivity index is 1.40. The Hall–Kier alpha value is -5.41. The molecule has 0 saturated heterocycles. The van der Waals surface area contributed by atoms with Crippen molar-refractivity contribution >= 4 is 5.57 Å². The van der Waals surface area contributed by atoms with Crippen LogP contribution in [0.1, 0.15) is 36.1 Å². The number of fused-ring (bicyclic) bond motifs is 7. The van der Waals surface area contributed by atoms with Crippen molar-refractivity contribution in [3.8, 4) is 45.3 Å². The highest BCUT2D eigenvalue weighted by Crippen LogP contribution is 2.62. The first-order valence-electron chi connectivity index (χ1n) is 14.8. The smallest absolute Gasteiger partial charge is 0.164 e. The van der Waals surface area contributed by atoms with E-state index < -0.39 is 0 Å². The Morgan fingerprint density at radius 2 is 0.977 bits per heavy atom. The van der Waals surface area contributed by atoms with Gasteiger partial charge >= 0.3 is 0 Å². The largest absolute Gasteiger partial charge is 0.208 e. The first-order valence-corrected chi connectivity index (χ1v) is 14.8. The maximum atomic E-state index is 5.05. The van der Waals surface area contributed by atoms with E-state index in [-0.39, 0.29) is 5.41 Å². The fourth-order valence-electron chi connectivity index (χ4n) is 7.08. The Labute approximate surface area is 252 Å². The molecule has 1 atom stereocenters. The minimum Gasteiger partial charge on any atom is -0.208 e. The molecular weight excluding hydrogens is 522 g/mol. The summed E-state index contributed by atoms with van der Waals surface area (Å²) in [6.45, 7) is 4.40. The topological polar surface area (TPSA) is 38.7 Å². The number of rotatable bonds is 4. The summed E-state index contributed by atoms with van der Waals surface area (Å²) in [6, 6.07) is 44.8. The minimum atomic E-state index is -0.384. The SMILES string of the molecule is C/C=C\C1=C(C)C2(c3ccccc31)c1ccccc1-c1ccc(-c3nc(-c4ccccc4)nc(-c4ccccc4)n3)cc12. The van der Waals surface area contributed by atoms with Gasteiger partial charge in [0.25, 0.3) is 0 Å². The first-order chi connectivity index (χ1) is 21.2. The van der Waals surface area contributed by atoms with Gasteiger partial charge in [0.15, 0.2) is 17.5 Å². The van der Waals surface area contributed by atoms with Gasteiger partial charge in [0.05, 0.1) is 5.41 Å². The van der Waals surface area contributed by atoms with E-state index in [1.807, 2.05) is 36.4 Å². The van der Waals surface area contributed by atoms with E-state index >= 15 is 0 Å². The van der Waals surface area contributed by atoms with Crippen LogP contribution in [-0.2, 0) is 5.41 Å². The van der Waals surface area contributed by atoms with E-state index in [2.05, 4.69) is 117 Å². The monoisotopic (exact) mass is 551 g/mol. The zero-order valence-electron chi connectivity index (χ0n) is 24.1. The van der Waals surface area contributed by atoms with Gasteiger partial charge in [-0.2, -0.15) is 0 Å². The maximum absolute atomic E-state index is 5.05. The van der Waals surface area contributed by atoms with Crippen molar-refractivity contribution in [2.75, 3.05) is 0 Å². The average Bonchev–Trinajstić information content (AvgIpc) is 3.51. The predicted octanol–water partition coefficient (Wildman–Crippen LogP) is 9.55. The van der Waals surface area contributed by atoms with Crippen LogP contribution >= 0.6 is 0 Å². The summed E-state index contributed by atoms with van der Waals surface area (Å²) in [5, 5.41) is 0. The van der Waals surface area contributed by atoms with Crippen LogP contribution in [0.2, 0.25) is 0 Å². The highest BCUT2D eigenvalue weighted by Gasteiger charge is 2.51. The van der Waals surface area contributed by atoms with Crippen molar-refractivity contribution < 1.29 is 0 Å². The quantitative estimate of drug-likeness (QED) is 0.219. The Kier molecular flexibility index (Phi) is 5.80. The molecule has 204 valence electrons. The van der Waals surface area contributed by atoms with Crippen molar-refractivity contribution in [1.82, 2.24) is 15.0 Å². The second kappa shape index (κ2) is 9.85. The van der Waals surface area contributed by atoms with Gasteiger partial charge < -0.3 is 0 Å². The highest BCUT2D eigenvalue weighted by atomic mass is 15.0. The van der Waals surface area contributed by atoms with Gasteiger partial charge in [0, 0.05) is 16.7 Å². The number of benzene rings is 5. The van der Waals surface area contributed by atoms with E-state index in [1.165, 1.54) is 44.5 Å². The lowest BCUT2D eigenvalue weighted by molar-refractivity contribution is 0.766. The minimum absolute atomic E-state index is 0.384. The van der Waals surface area contributed by atoms with Crippen LogP contribution in [0.25, 0.3) is 50.9 Å². The normalized spacial score (nSPS) is 16.5. The second-order valence-corrected chi connectivity index (χ2v) is 11.2. The zero-order chi connectivity index (χ0) is 29.0. The van der Waals surface area contributed by atoms with Gasteiger partial charge in [-0.15, -0.1) is 0 Å². The van der Waals surface area contributed by atoms with E-state index in [4.69, 9.17) is 15.0 Å². The molecule has 0 radical (unpaired) electrons. The zero-order valence-corrected chi connectivity index (χ0v) is 24.1. The number of allylic oxidation sites excluding steroid dienone is 4. The number of nitrogens with zero attached hydrogens (tertiary/aromatic N) is 3. The molecular formula is C40H29N3. The number of hydrogen-bond donors (Lipinski definition) is 0. The second-order valence-electron chi connectivity index (χ2n) is 11.2. The molecule has 1 spiro atoms. The molecule has 0 amide bonds. The molecule has 0 aliphatic heterocycles. The molecule has 1 heterocycles. The molecule has 0 saturated carbocycles. The van der Waals surface area contributed by atoms with Crippen LogP contribution in [0.4, 0.5) is 0 Å². The van der Waals surface area contributed by atoms with Crippen molar-refractivity contribution in [1.29, 1.82) is 0 Å². The van der Waals surface area contributed by atoms with Crippen LogP contribution in [0.15, 0.2) is 145 Å². The fourth-order valence-corrected chi connectivity index (χ4v) is 7.08. The Morgan fingerprint density at radius 3 is 1.58 bits per heavy atom. The summed E-state index contributed by atoms with van der Waals surface area (Å²) < 4.78 is 0. The average molecular weight is 552 g/mol. The lowest BCUT2D eigenvalue weighted by Gasteiger charge is -2.31. The molecule has 1 aromatic heterocycles. The van der Waals surface area contributed by atoms with Gasteiger partial charge in [-0.3, -0.25) is 0 Å². The van der Waals surface area contributed by atoms with Crippen molar-refractivity contribution in [3.05, 3.63) is 167 Å². The Bertz CT molecular complexity index is 2030. The van der Waals surface area contributed by atoms with Gasteiger partial charge in [-0.05, 0) is 64.4 Å². The van der Waals surface area contributed by atoms with Gasteiger partial charge in [-0.25, -0.2) is 15.0 Å². The van der Waals surface area contributed by atoms with Crippen LogP contribution in [0, 0.1) is 0 Å². The molecule has 5 aromatic carbocycles. The molecule has 3 nitrogen and oxygen atoms in total. The third-order valence-corrected chi connectivity index (χ3v) is 8.92. The fraction of sp³-hybridized carbons (Fsp3) is 0.0750. The lowest BCUT2D eigenvalue weighted by Crippen LogP contribution is -2.26. The third kappa shape index (κ3) is 3.71. The summed E-state index contributed by atoms with van der Waals surface area (Å²) in [7, 11) is 0. The lowest BCUT2D eigenvalue weighted by atomic mass is 9.70. The summed E-state index contributed by atoms with van der Waals surface area (Å²) in [6.07, 6.45) is 4.41. The van der Waals surface area contributed by atoms with E-state index in [0.29, 0.717) is 17.5 Å². The van der Waals surface area contributed by atoms with Gasteiger partial charge in [0.1, 0.15) is 0 Å². The van der Waals surface area contributed by atoms with Crippen LogP contribution in [-0.4, -0.2) is 15.0 Å². The van der Waals surface area contributed by atoms with Gasteiger partial charge in [0.2, 0.25) is 0 Å². The highest BCUT2D eigenvalue weighted by molar-refractivity contribution is 5.97. The third-order valence-electron chi connectivity index (χ3n) is 8.92. The molecule has 0 N–H and O–H groups in total. The van der Waals surface area contributed by atoms with Crippen molar-refractivity contribution in [2.45, 2.75) is 19.3 Å². The summed E-state index contributed by atoms with van der Waals surface area (Å²) in [5.41, 5.74) is 12.9. The molecule has 1 unspecified atom stereocenters. The van der Waals surface area contributed by atoms with E-state index in [0.717, 1.165) is 16.7 Å². The van der Waals surface area contributed by atoms with Gasteiger partial charge in [-0.1, -0.05) is 133 Å². The molecule has 2 aliphatic carbocycles. The molecule has 3 heteroatoms. The number of aromatic nitrogens is 3. The standard InChI is InChI=1S/C40H29N3/c1-3-14-30-26(2)40(34-21-12-10-19-31(30)34)35-22-13-11-20-32(35)33-24-23-29(25-36(33)40)39-42-37(27-15-6-4-7-16-27)41-38(43-39)28-17-8-5-9-18-28/h3-25H,1-2H3/b14-3-. The molecule has 8 rings (SSSR count). The molecule has 43 heavy (non-hydrogen) atoms. The van der Waals surface area contributed by atoms with E-state index in [9.17, 15) is 0 Å². The Morgan fingerprint density at radius 1 is 0.488 bits per heavy atom. The maximum Gasteiger partial charge on any atom is 0.164 e. The summed E-state index contributed by atoms with van der Waals surface area (Å²) in [4.78, 5) is 15.0. The number of hydrogen-bond acceptors (Lipinski definition) is 3. The van der Waals surface area contributed by atoms with E-state index in [1.54, 1.807) is 0 Å².